The van der Waals surface area contributed by atoms with E-state index in [0.29, 0.717) is 37.8 Å². The van der Waals surface area contributed by atoms with Gasteiger partial charge in [0.25, 0.3) is 5.91 Å². The molecule has 1 saturated heterocycles. The van der Waals surface area contributed by atoms with Gasteiger partial charge >= 0.3 is 0 Å². The lowest BCUT2D eigenvalue weighted by Gasteiger charge is -2.19. The Hall–Kier alpha value is -3.39. The largest absolute Gasteiger partial charge is 0.377 e. The third-order valence-corrected chi connectivity index (χ3v) is 5.61. The molecule has 166 valence electrons. The van der Waals surface area contributed by atoms with Crippen LogP contribution in [0.3, 0.4) is 0 Å². The number of likely N-dealkylation sites (tertiary alicyclic amines) is 1. The second-order valence-electron chi connectivity index (χ2n) is 8.06. The van der Waals surface area contributed by atoms with Crippen molar-refractivity contribution in [2.24, 2.45) is 0 Å². The Labute approximate surface area is 188 Å². The van der Waals surface area contributed by atoms with Crippen LogP contribution in [-0.2, 0) is 11.3 Å². The highest BCUT2D eigenvalue weighted by Gasteiger charge is 2.31. The van der Waals surface area contributed by atoms with E-state index in [-0.39, 0.29) is 11.8 Å². The molecule has 8 heteroatoms. The number of carbonyl (C=O) groups is 1. The summed E-state index contributed by atoms with van der Waals surface area (Å²) in [6.07, 6.45) is 7.73. The summed E-state index contributed by atoms with van der Waals surface area (Å²) in [5, 5.41) is 0. The molecule has 0 spiro atoms. The Morgan fingerprint density at radius 3 is 2.59 bits per heavy atom. The maximum atomic E-state index is 13.1. The highest BCUT2D eigenvalue weighted by Crippen LogP contribution is 2.34. The van der Waals surface area contributed by atoms with Gasteiger partial charge in [0.05, 0.1) is 12.3 Å². The van der Waals surface area contributed by atoms with Crippen LogP contribution in [0.25, 0.3) is 11.1 Å². The van der Waals surface area contributed by atoms with E-state index in [1.807, 2.05) is 61.3 Å². The van der Waals surface area contributed by atoms with Crippen LogP contribution in [0.4, 0.5) is 5.95 Å². The first kappa shape index (κ1) is 21.8. The Bertz CT molecular complexity index is 1060. The van der Waals surface area contributed by atoms with Gasteiger partial charge < -0.3 is 14.5 Å². The molecular weight excluding hydrogens is 404 g/mol. The van der Waals surface area contributed by atoms with Crippen LogP contribution in [0.15, 0.2) is 49.2 Å². The van der Waals surface area contributed by atoms with Crippen LogP contribution in [0.5, 0.6) is 0 Å². The van der Waals surface area contributed by atoms with Crippen LogP contribution in [-0.4, -0.2) is 64.5 Å². The number of aromatic nitrogens is 4. The van der Waals surface area contributed by atoms with E-state index in [9.17, 15) is 4.79 Å². The van der Waals surface area contributed by atoms with Crippen molar-refractivity contribution in [1.29, 1.82) is 0 Å². The Balaban J connectivity index is 1.55. The number of nitrogens with zero attached hydrogens (tertiary/aromatic N) is 6. The summed E-state index contributed by atoms with van der Waals surface area (Å²) >= 11 is 0. The van der Waals surface area contributed by atoms with E-state index >= 15 is 0 Å². The second-order valence-corrected chi connectivity index (χ2v) is 8.06. The minimum absolute atomic E-state index is 0.0435. The van der Waals surface area contributed by atoms with Gasteiger partial charge in [-0.2, -0.15) is 0 Å². The molecule has 1 atom stereocenters. The number of hydrogen-bond donors (Lipinski definition) is 0. The molecule has 1 aliphatic rings. The summed E-state index contributed by atoms with van der Waals surface area (Å²) in [5.41, 5.74) is 4.48. The van der Waals surface area contributed by atoms with E-state index in [1.54, 1.807) is 12.4 Å². The van der Waals surface area contributed by atoms with Crippen LogP contribution < -0.4 is 4.90 Å². The normalized spacial score (nSPS) is 15.7. The van der Waals surface area contributed by atoms with E-state index in [0.717, 1.165) is 28.8 Å². The molecule has 8 nitrogen and oxygen atoms in total. The average molecular weight is 433 g/mol. The zero-order chi connectivity index (χ0) is 22.5. The number of ether oxygens (including phenoxy) is 1. The minimum Gasteiger partial charge on any atom is -0.377 e. The van der Waals surface area contributed by atoms with Crippen molar-refractivity contribution in [3.05, 3.63) is 66.0 Å². The quantitative estimate of drug-likeness (QED) is 0.567. The van der Waals surface area contributed by atoms with E-state index in [4.69, 9.17) is 9.72 Å². The molecule has 0 N–H and O–H groups in total. The fraction of sp³-hybridized carbons (Fsp3) is 0.375. The SMILES string of the molecule is CCOCc1ccc(C(=O)N2CCC(c3nc(N(C)C)ncc3-c3cncnc3)C2)cc1. The van der Waals surface area contributed by atoms with E-state index < -0.39 is 0 Å². The molecule has 32 heavy (non-hydrogen) atoms. The van der Waals surface area contributed by atoms with E-state index in [2.05, 4.69) is 15.0 Å². The van der Waals surface area contributed by atoms with Gasteiger partial charge in [0, 0.05) is 75.0 Å². The third kappa shape index (κ3) is 4.75. The Kier molecular flexibility index (Phi) is 6.70. The Morgan fingerprint density at radius 1 is 1.16 bits per heavy atom. The number of rotatable bonds is 7. The molecule has 1 amide bonds. The lowest BCUT2D eigenvalue weighted by Crippen LogP contribution is -2.28. The number of benzene rings is 1. The first-order chi connectivity index (χ1) is 15.6. The number of hydrogen-bond acceptors (Lipinski definition) is 7. The molecule has 3 heterocycles. The zero-order valence-corrected chi connectivity index (χ0v) is 18.7. The average Bonchev–Trinajstić information content (AvgIpc) is 3.33. The lowest BCUT2D eigenvalue weighted by atomic mass is 9.97. The highest BCUT2D eigenvalue weighted by atomic mass is 16.5. The summed E-state index contributed by atoms with van der Waals surface area (Å²) in [4.78, 5) is 34.5. The fourth-order valence-corrected chi connectivity index (χ4v) is 3.89. The van der Waals surface area contributed by atoms with Crippen molar-refractivity contribution < 1.29 is 9.53 Å². The van der Waals surface area contributed by atoms with Gasteiger partial charge in [-0.25, -0.2) is 19.9 Å². The van der Waals surface area contributed by atoms with Gasteiger partial charge in [0.15, 0.2) is 0 Å². The molecule has 2 aromatic heterocycles. The van der Waals surface area contributed by atoms with Gasteiger partial charge in [-0.05, 0) is 31.0 Å². The standard InChI is InChI=1S/C24H28N6O2/c1-4-32-15-17-5-7-18(8-6-17)23(31)30-10-9-19(14-30)22-21(20-11-25-16-26-12-20)13-27-24(28-22)29(2)3/h5-8,11-13,16,19H,4,9-10,14-15H2,1-3H3. The molecule has 1 aliphatic heterocycles. The van der Waals surface area contributed by atoms with Crippen molar-refractivity contribution >= 4 is 11.9 Å². The van der Waals surface area contributed by atoms with Crippen molar-refractivity contribution in [3.63, 3.8) is 0 Å². The van der Waals surface area contributed by atoms with Gasteiger partial charge in [0.1, 0.15) is 6.33 Å². The summed E-state index contributed by atoms with van der Waals surface area (Å²) < 4.78 is 5.44. The van der Waals surface area contributed by atoms with Gasteiger partial charge in [0.2, 0.25) is 5.95 Å². The highest BCUT2D eigenvalue weighted by molar-refractivity contribution is 5.94. The molecule has 1 fully saturated rings. The maximum Gasteiger partial charge on any atom is 0.253 e. The molecule has 3 aromatic rings. The molecular formula is C24H28N6O2. The molecule has 0 aliphatic carbocycles. The van der Waals surface area contributed by atoms with Crippen molar-refractivity contribution in [3.8, 4) is 11.1 Å². The number of amides is 1. The van der Waals surface area contributed by atoms with Crippen LogP contribution in [0.1, 0.15) is 40.9 Å². The van der Waals surface area contributed by atoms with Crippen LogP contribution >= 0.6 is 0 Å². The van der Waals surface area contributed by atoms with Crippen LogP contribution in [0.2, 0.25) is 0 Å². The molecule has 4 rings (SSSR count). The fourth-order valence-electron chi connectivity index (χ4n) is 3.89. The smallest absolute Gasteiger partial charge is 0.253 e. The number of anilines is 1. The summed E-state index contributed by atoms with van der Waals surface area (Å²) in [6.45, 7) is 4.51. The van der Waals surface area contributed by atoms with Gasteiger partial charge in [-0.3, -0.25) is 4.79 Å². The molecule has 0 saturated carbocycles. The lowest BCUT2D eigenvalue weighted by molar-refractivity contribution is 0.0790. The third-order valence-electron chi connectivity index (χ3n) is 5.61. The summed E-state index contributed by atoms with van der Waals surface area (Å²) in [5.74, 6) is 0.810. The molecule has 0 radical (unpaired) electrons. The topological polar surface area (TPSA) is 84.3 Å². The summed E-state index contributed by atoms with van der Waals surface area (Å²) in [6, 6.07) is 7.67. The van der Waals surface area contributed by atoms with Crippen molar-refractivity contribution in [2.75, 3.05) is 38.7 Å². The summed E-state index contributed by atoms with van der Waals surface area (Å²) in [7, 11) is 3.84. The molecule has 1 unspecified atom stereocenters. The first-order valence-corrected chi connectivity index (χ1v) is 10.8. The zero-order valence-electron chi connectivity index (χ0n) is 18.7. The predicted octanol–water partition coefficient (Wildman–Crippen LogP) is 3.17. The molecule has 0 bridgehead atoms. The predicted molar refractivity (Wildman–Crippen MR) is 122 cm³/mol. The molecule has 1 aromatic carbocycles. The second kappa shape index (κ2) is 9.82. The number of carbonyl (C=O) groups excluding carboxylic acids is 1. The maximum absolute atomic E-state index is 13.1. The minimum atomic E-state index is 0.0435. The van der Waals surface area contributed by atoms with Crippen molar-refractivity contribution in [1.82, 2.24) is 24.8 Å². The van der Waals surface area contributed by atoms with E-state index in [1.165, 1.54) is 6.33 Å². The van der Waals surface area contributed by atoms with Gasteiger partial charge in [-0.1, -0.05) is 12.1 Å². The van der Waals surface area contributed by atoms with Crippen LogP contribution in [0, 0.1) is 0 Å². The first-order valence-electron chi connectivity index (χ1n) is 10.8. The Morgan fingerprint density at radius 2 is 1.91 bits per heavy atom. The van der Waals surface area contributed by atoms with Crippen molar-refractivity contribution in [2.45, 2.75) is 25.9 Å². The monoisotopic (exact) mass is 432 g/mol. The van der Waals surface area contributed by atoms with Gasteiger partial charge in [-0.15, -0.1) is 0 Å².